The lowest BCUT2D eigenvalue weighted by Crippen LogP contribution is -2.45. The monoisotopic (exact) mass is 495 g/mol. The number of benzene rings is 1. The predicted octanol–water partition coefficient (Wildman–Crippen LogP) is 4.08. The summed E-state index contributed by atoms with van der Waals surface area (Å²) in [7, 11) is 0. The Morgan fingerprint density at radius 1 is 1.06 bits per heavy atom. The normalized spacial score (nSPS) is 13.0. The van der Waals surface area contributed by atoms with E-state index in [4.69, 9.17) is 0 Å². The Kier molecular flexibility index (Phi) is 8.48. The second-order valence-electron chi connectivity index (χ2n) is 8.54. The van der Waals surface area contributed by atoms with Gasteiger partial charge in [0.25, 0.3) is 0 Å². The first-order chi connectivity index (χ1) is 16.7. The molecule has 0 aliphatic carbocycles. The average molecular weight is 496 g/mol. The summed E-state index contributed by atoms with van der Waals surface area (Å²) in [5.74, 6) is -2.33. The lowest BCUT2D eigenvalue weighted by molar-refractivity contribution is -0.123. The number of H-pyrrole nitrogens is 1. The van der Waals surface area contributed by atoms with Gasteiger partial charge in [-0.15, -0.1) is 0 Å². The summed E-state index contributed by atoms with van der Waals surface area (Å²) in [4.78, 5) is 41.0. The van der Waals surface area contributed by atoms with Crippen LogP contribution in [0.3, 0.4) is 0 Å². The average Bonchev–Trinajstić information content (AvgIpc) is 3.44. The Bertz CT molecular complexity index is 1200. The van der Waals surface area contributed by atoms with Crippen LogP contribution in [0.2, 0.25) is 0 Å². The minimum atomic E-state index is -0.931. The summed E-state index contributed by atoms with van der Waals surface area (Å²) >= 11 is 1.45. The first-order valence-corrected chi connectivity index (χ1v) is 12.1. The fraction of sp³-hybridized carbons (Fsp3) is 0.269. The molecule has 2 amide bonds. The van der Waals surface area contributed by atoms with Crippen molar-refractivity contribution in [3.63, 3.8) is 0 Å². The molecule has 0 spiro atoms. The van der Waals surface area contributed by atoms with Crippen LogP contribution in [0.4, 0.5) is 0 Å². The van der Waals surface area contributed by atoms with E-state index in [9.17, 15) is 24.6 Å². The number of carbonyl (C=O) groups excluding carboxylic acids is 3. The van der Waals surface area contributed by atoms with Gasteiger partial charge in [-0.2, -0.15) is 11.3 Å². The maximum Gasteiger partial charge on any atom is 0.244 e. The number of ketones is 1. The predicted molar refractivity (Wildman–Crippen MR) is 135 cm³/mol. The van der Waals surface area contributed by atoms with Crippen molar-refractivity contribution in [1.82, 2.24) is 15.6 Å². The van der Waals surface area contributed by atoms with E-state index in [0.29, 0.717) is 0 Å². The van der Waals surface area contributed by atoms with Gasteiger partial charge in [0.05, 0.1) is 24.1 Å². The van der Waals surface area contributed by atoms with E-state index in [2.05, 4.69) is 15.6 Å². The van der Waals surface area contributed by atoms with Gasteiger partial charge in [0.1, 0.15) is 0 Å². The third-order valence-corrected chi connectivity index (χ3v) is 6.30. The maximum atomic E-state index is 13.1. The molecule has 2 atom stereocenters. The van der Waals surface area contributed by atoms with E-state index in [-0.39, 0.29) is 35.3 Å². The molecule has 3 rings (SSSR count). The number of rotatable bonds is 10. The number of aromatic nitrogens is 1. The van der Waals surface area contributed by atoms with Gasteiger partial charge in [0.15, 0.2) is 11.7 Å². The van der Waals surface area contributed by atoms with Crippen molar-refractivity contribution in [2.75, 3.05) is 0 Å². The molecule has 0 aliphatic rings. The second kappa shape index (κ2) is 11.5. The van der Waals surface area contributed by atoms with Gasteiger partial charge in [-0.3, -0.25) is 19.4 Å². The summed E-state index contributed by atoms with van der Waals surface area (Å²) in [5.41, 5.74) is 1.81. The van der Waals surface area contributed by atoms with Crippen LogP contribution in [0, 0.1) is 12.8 Å². The summed E-state index contributed by atoms with van der Waals surface area (Å²) in [6.07, 6.45) is 3.02. The number of aromatic hydroxyl groups is 2. The lowest BCUT2D eigenvalue weighted by Gasteiger charge is -2.23. The van der Waals surface area contributed by atoms with E-state index in [1.807, 2.05) is 47.2 Å². The van der Waals surface area contributed by atoms with Crippen LogP contribution in [-0.4, -0.2) is 38.8 Å². The number of carbonyl (C=O) groups is 3. The highest BCUT2D eigenvalue weighted by Gasteiger charge is 2.31. The van der Waals surface area contributed by atoms with Gasteiger partial charge in [-0.05, 0) is 46.9 Å². The standard InChI is InChI=1S/C26H29N3O5S/c1-15(2)23(24(32)22-16(3)25(33)29-26(22)34)28-21(31)13-19(18-11-12-35-14-18)27-20(30)10-9-17-7-5-4-6-8-17/h4-12,14-15,19,23,29,33-34H,13H2,1-3H3,(H,27,30)(H,28,31)/t19?,23-/m0/s1. The molecule has 2 aromatic heterocycles. The highest BCUT2D eigenvalue weighted by atomic mass is 32.1. The molecule has 0 saturated heterocycles. The molecule has 0 aliphatic heterocycles. The smallest absolute Gasteiger partial charge is 0.244 e. The molecule has 0 bridgehead atoms. The van der Waals surface area contributed by atoms with Crippen molar-refractivity contribution >= 4 is 35.0 Å². The number of thiophene rings is 1. The fourth-order valence-electron chi connectivity index (χ4n) is 3.66. The largest absolute Gasteiger partial charge is 0.494 e. The summed E-state index contributed by atoms with van der Waals surface area (Å²) < 4.78 is 0. The van der Waals surface area contributed by atoms with Crippen LogP contribution in [0.5, 0.6) is 11.8 Å². The molecule has 35 heavy (non-hydrogen) atoms. The maximum absolute atomic E-state index is 13.1. The third-order valence-electron chi connectivity index (χ3n) is 5.59. The topological polar surface area (TPSA) is 132 Å². The molecule has 0 radical (unpaired) electrons. The van der Waals surface area contributed by atoms with Crippen LogP contribution in [0.25, 0.3) is 6.08 Å². The summed E-state index contributed by atoms with van der Waals surface area (Å²) in [6.45, 7) is 5.05. The Labute approximate surface area is 207 Å². The Hall–Kier alpha value is -3.85. The van der Waals surface area contributed by atoms with Gasteiger partial charge < -0.3 is 20.8 Å². The van der Waals surface area contributed by atoms with Gasteiger partial charge in [0, 0.05) is 11.6 Å². The molecule has 0 saturated carbocycles. The molecule has 9 heteroatoms. The molecule has 8 nitrogen and oxygen atoms in total. The first kappa shape index (κ1) is 25.8. The fourth-order valence-corrected chi connectivity index (χ4v) is 4.37. The Morgan fingerprint density at radius 3 is 2.34 bits per heavy atom. The van der Waals surface area contributed by atoms with Crippen molar-refractivity contribution in [3.05, 3.63) is 75.5 Å². The van der Waals surface area contributed by atoms with Crippen LogP contribution in [-0.2, 0) is 9.59 Å². The third kappa shape index (κ3) is 6.60. The van der Waals surface area contributed by atoms with Gasteiger partial charge >= 0.3 is 0 Å². The molecule has 0 fully saturated rings. The molecular formula is C26H29N3O5S. The molecule has 1 aromatic carbocycles. The molecule has 2 heterocycles. The van der Waals surface area contributed by atoms with Crippen molar-refractivity contribution < 1.29 is 24.6 Å². The van der Waals surface area contributed by atoms with Gasteiger partial charge in [-0.1, -0.05) is 44.2 Å². The van der Waals surface area contributed by atoms with Crippen molar-refractivity contribution in [3.8, 4) is 11.8 Å². The van der Waals surface area contributed by atoms with Gasteiger partial charge in [-0.25, -0.2) is 0 Å². The van der Waals surface area contributed by atoms with Crippen molar-refractivity contribution in [2.24, 2.45) is 5.92 Å². The minimum absolute atomic E-state index is 0.0600. The molecular weight excluding hydrogens is 466 g/mol. The molecule has 1 unspecified atom stereocenters. The van der Waals surface area contributed by atoms with Crippen LogP contribution in [0.1, 0.15) is 53.4 Å². The zero-order valence-corrected chi connectivity index (χ0v) is 20.6. The molecule has 5 N–H and O–H groups in total. The highest BCUT2D eigenvalue weighted by Crippen LogP contribution is 2.30. The van der Waals surface area contributed by atoms with E-state index in [1.165, 1.54) is 24.3 Å². The Balaban J connectivity index is 1.72. The van der Waals surface area contributed by atoms with E-state index >= 15 is 0 Å². The number of aromatic amines is 1. The number of hydrogen-bond donors (Lipinski definition) is 5. The lowest BCUT2D eigenvalue weighted by atomic mass is 9.93. The summed E-state index contributed by atoms with van der Waals surface area (Å²) in [5, 5.41) is 29.2. The highest BCUT2D eigenvalue weighted by molar-refractivity contribution is 7.08. The second-order valence-corrected chi connectivity index (χ2v) is 9.32. The van der Waals surface area contributed by atoms with E-state index in [0.717, 1.165) is 11.1 Å². The molecule has 184 valence electrons. The van der Waals surface area contributed by atoms with E-state index in [1.54, 1.807) is 19.9 Å². The first-order valence-electron chi connectivity index (χ1n) is 11.2. The number of hydrogen-bond acceptors (Lipinski definition) is 6. The zero-order valence-electron chi connectivity index (χ0n) is 19.7. The van der Waals surface area contributed by atoms with Crippen LogP contribution < -0.4 is 10.6 Å². The number of nitrogens with one attached hydrogen (secondary N) is 3. The number of amides is 2. The minimum Gasteiger partial charge on any atom is -0.494 e. The quantitative estimate of drug-likeness (QED) is 0.214. The number of Topliss-reactive ketones (excluding diaryl/α,β-unsaturated/α-hetero) is 1. The van der Waals surface area contributed by atoms with Crippen LogP contribution >= 0.6 is 11.3 Å². The van der Waals surface area contributed by atoms with Crippen molar-refractivity contribution in [2.45, 2.75) is 39.3 Å². The van der Waals surface area contributed by atoms with Crippen LogP contribution in [0.15, 0.2) is 53.2 Å². The van der Waals surface area contributed by atoms with Crippen molar-refractivity contribution in [1.29, 1.82) is 0 Å². The van der Waals surface area contributed by atoms with E-state index < -0.39 is 29.7 Å². The van der Waals surface area contributed by atoms with Gasteiger partial charge in [0.2, 0.25) is 17.7 Å². The zero-order chi connectivity index (χ0) is 25.5. The Morgan fingerprint density at radius 2 is 1.77 bits per heavy atom. The molecule has 3 aromatic rings. The summed E-state index contributed by atoms with van der Waals surface area (Å²) in [6, 6.07) is 9.69. The SMILES string of the molecule is Cc1c(O)[nH]c(O)c1C(=O)[C@@H](NC(=O)CC(NC(=O)C=Cc1ccccc1)c1ccsc1)C(C)C.